The molecule has 2 nitrogen and oxygen atoms in total. The Labute approximate surface area is 131 Å². The van der Waals surface area contributed by atoms with Crippen molar-refractivity contribution in [1.29, 1.82) is 0 Å². The SMILES string of the molecule is CCCC1CN(C23CC4CC(C)(CC(C)(C4)C2)C3)CCN1. The standard InChI is InChI=1S/C19H34N2/c1-4-5-16-11-21(7-6-20-16)19-10-15-8-17(2,13-19)12-18(3,9-15)14-19/h15-16,20H,4-14H2,1-3H3. The average Bonchev–Trinajstić information content (AvgIpc) is 2.35. The van der Waals surface area contributed by atoms with E-state index in [2.05, 4.69) is 31.0 Å². The van der Waals surface area contributed by atoms with Crippen LogP contribution in [0.15, 0.2) is 0 Å². The molecule has 4 aliphatic carbocycles. The highest BCUT2D eigenvalue weighted by Crippen LogP contribution is 2.67. The summed E-state index contributed by atoms with van der Waals surface area (Å²) in [5.41, 5.74) is 1.87. The largest absolute Gasteiger partial charge is 0.311 e. The van der Waals surface area contributed by atoms with Gasteiger partial charge in [-0.2, -0.15) is 0 Å². The Morgan fingerprint density at radius 1 is 1.05 bits per heavy atom. The maximum atomic E-state index is 3.76. The van der Waals surface area contributed by atoms with Crippen LogP contribution < -0.4 is 5.32 Å². The lowest BCUT2D eigenvalue weighted by Crippen LogP contribution is -2.68. The van der Waals surface area contributed by atoms with E-state index in [1.54, 1.807) is 0 Å². The molecular formula is C19H34N2. The molecule has 1 heterocycles. The van der Waals surface area contributed by atoms with Gasteiger partial charge in [0.15, 0.2) is 0 Å². The maximum Gasteiger partial charge on any atom is 0.0223 e. The summed E-state index contributed by atoms with van der Waals surface area (Å²) in [5.74, 6) is 1.02. The van der Waals surface area contributed by atoms with Gasteiger partial charge in [0.05, 0.1) is 0 Å². The molecule has 4 saturated carbocycles. The summed E-state index contributed by atoms with van der Waals surface area (Å²) in [7, 11) is 0. The molecule has 5 rings (SSSR count). The molecule has 1 saturated heterocycles. The van der Waals surface area contributed by atoms with Crippen molar-refractivity contribution in [3.8, 4) is 0 Å². The molecular weight excluding hydrogens is 256 g/mol. The molecule has 0 aromatic rings. The monoisotopic (exact) mass is 290 g/mol. The smallest absolute Gasteiger partial charge is 0.0223 e. The second-order valence-electron chi connectivity index (χ2n) is 9.74. The summed E-state index contributed by atoms with van der Waals surface area (Å²) in [5, 5.41) is 3.76. The number of rotatable bonds is 3. The minimum atomic E-state index is 0.566. The molecule has 5 fully saturated rings. The Kier molecular flexibility index (Phi) is 3.25. The Bertz CT molecular complexity index is 398. The van der Waals surface area contributed by atoms with Gasteiger partial charge in [-0.3, -0.25) is 4.90 Å². The third kappa shape index (κ3) is 2.37. The predicted octanol–water partition coefficient (Wildman–Crippen LogP) is 3.81. The second kappa shape index (κ2) is 4.71. The van der Waals surface area contributed by atoms with E-state index in [0.29, 0.717) is 16.4 Å². The molecule has 0 aromatic heterocycles. The summed E-state index contributed by atoms with van der Waals surface area (Å²) >= 11 is 0. The average molecular weight is 290 g/mol. The van der Waals surface area contributed by atoms with E-state index in [9.17, 15) is 0 Å². The molecule has 3 atom stereocenters. The minimum absolute atomic E-state index is 0.566. The fraction of sp³-hybridized carbons (Fsp3) is 1.00. The molecule has 0 radical (unpaired) electrons. The lowest BCUT2D eigenvalue weighted by atomic mass is 9.42. The van der Waals surface area contributed by atoms with Crippen LogP contribution in [-0.2, 0) is 0 Å². The Balaban J connectivity index is 1.59. The lowest BCUT2D eigenvalue weighted by Gasteiger charge is -2.68. The molecule has 5 aliphatic rings. The van der Waals surface area contributed by atoms with Crippen molar-refractivity contribution in [2.24, 2.45) is 16.7 Å². The van der Waals surface area contributed by atoms with E-state index in [4.69, 9.17) is 0 Å². The van der Waals surface area contributed by atoms with Gasteiger partial charge in [-0.15, -0.1) is 0 Å². The van der Waals surface area contributed by atoms with Gasteiger partial charge in [-0.05, 0) is 61.7 Å². The molecule has 0 aromatic carbocycles. The van der Waals surface area contributed by atoms with Gasteiger partial charge in [-0.1, -0.05) is 27.2 Å². The number of piperazine rings is 1. The van der Waals surface area contributed by atoms with E-state index in [1.165, 1.54) is 71.0 Å². The van der Waals surface area contributed by atoms with Crippen LogP contribution in [0.2, 0.25) is 0 Å². The molecule has 1 aliphatic heterocycles. The van der Waals surface area contributed by atoms with Crippen molar-refractivity contribution < 1.29 is 0 Å². The van der Waals surface area contributed by atoms with Gasteiger partial charge in [0.2, 0.25) is 0 Å². The number of nitrogens with one attached hydrogen (secondary N) is 1. The number of nitrogens with zero attached hydrogens (tertiary/aromatic N) is 1. The zero-order valence-electron chi connectivity index (χ0n) is 14.4. The third-order valence-corrected chi connectivity index (χ3v) is 7.16. The van der Waals surface area contributed by atoms with Crippen molar-refractivity contribution in [3.05, 3.63) is 0 Å². The topological polar surface area (TPSA) is 15.3 Å². The van der Waals surface area contributed by atoms with Crippen molar-refractivity contribution >= 4 is 0 Å². The number of hydrogen-bond acceptors (Lipinski definition) is 2. The van der Waals surface area contributed by atoms with Crippen LogP contribution in [0.4, 0.5) is 0 Å². The van der Waals surface area contributed by atoms with Crippen LogP contribution in [0.25, 0.3) is 0 Å². The summed E-state index contributed by atoms with van der Waals surface area (Å²) in [6, 6.07) is 0.748. The molecule has 21 heavy (non-hydrogen) atoms. The maximum absolute atomic E-state index is 3.76. The Hall–Kier alpha value is -0.0800. The minimum Gasteiger partial charge on any atom is -0.311 e. The first-order valence-corrected chi connectivity index (χ1v) is 9.43. The molecule has 1 N–H and O–H groups in total. The first kappa shape index (κ1) is 14.5. The summed E-state index contributed by atoms with van der Waals surface area (Å²) in [4.78, 5) is 2.95. The Morgan fingerprint density at radius 3 is 2.38 bits per heavy atom. The summed E-state index contributed by atoms with van der Waals surface area (Å²) < 4.78 is 0. The van der Waals surface area contributed by atoms with E-state index < -0.39 is 0 Å². The fourth-order valence-electron chi connectivity index (χ4n) is 7.54. The highest BCUT2D eigenvalue weighted by Gasteiger charge is 2.61. The molecule has 3 unspecified atom stereocenters. The van der Waals surface area contributed by atoms with E-state index in [1.807, 2.05) is 0 Å². The Morgan fingerprint density at radius 2 is 1.76 bits per heavy atom. The molecule has 4 bridgehead atoms. The summed E-state index contributed by atoms with van der Waals surface area (Å²) in [6.45, 7) is 11.4. The van der Waals surface area contributed by atoms with Crippen LogP contribution in [0.5, 0.6) is 0 Å². The van der Waals surface area contributed by atoms with Crippen LogP contribution >= 0.6 is 0 Å². The van der Waals surface area contributed by atoms with Crippen molar-refractivity contribution in [2.45, 2.75) is 83.7 Å². The van der Waals surface area contributed by atoms with Gasteiger partial charge in [-0.25, -0.2) is 0 Å². The fourth-order valence-corrected chi connectivity index (χ4v) is 7.54. The van der Waals surface area contributed by atoms with E-state index in [-0.39, 0.29) is 0 Å². The van der Waals surface area contributed by atoms with E-state index >= 15 is 0 Å². The molecule has 0 amide bonds. The highest BCUT2D eigenvalue weighted by molar-refractivity contribution is 5.15. The van der Waals surface area contributed by atoms with Crippen molar-refractivity contribution in [3.63, 3.8) is 0 Å². The molecule has 0 spiro atoms. The number of hydrogen-bond donors (Lipinski definition) is 1. The second-order valence-corrected chi connectivity index (χ2v) is 9.74. The van der Waals surface area contributed by atoms with Crippen LogP contribution in [0.3, 0.4) is 0 Å². The quantitative estimate of drug-likeness (QED) is 0.850. The summed E-state index contributed by atoms with van der Waals surface area (Å²) in [6.07, 6.45) is 11.7. The van der Waals surface area contributed by atoms with Crippen LogP contribution in [0.1, 0.15) is 72.1 Å². The van der Waals surface area contributed by atoms with E-state index in [0.717, 1.165) is 12.0 Å². The highest BCUT2D eigenvalue weighted by atomic mass is 15.3. The van der Waals surface area contributed by atoms with Gasteiger partial charge >= 0.3 is 0 Å². The van der Waals surface area contributed by atoms with Gasteiger partial charge in [0, 0.05) is 31.2 Å². The van der Waals surface area contributed by atoms with Gasteiger partial charge in [0.1, 0.15) is 0 Å². The predicted molar refractivity (Wildman–Crippen MR) is 88.4 cm³/mol. The van der Waals surface area contributed by atoms with Crippen molar-refractivity contribution in [1.82, 2.24) is 10.2 Å². The van der Waals surface area contributed by atoms with Crippen LogP contribution in [0, 0.1) is 16.7 Å². The third-order valence-electron chi connectivity index (χ3n) is 7.16. The van der Waals surface area contributed by atoms with Gasteiger partial charge < -0.3 is 5.32 Å². The molecule has 2 heteroatoms. The molecule has 120 valence electrons. The zero-order valence-corrected chi connectivity index (χ0v) is 14.4. The normalized spacial score (nSPS) is 53.3. The zero-order chi connectivity index (χ0) is 14.7. The van der Waals surface area contributed by atoms with Crippen molar-refractivity contribution in [2.75, 3.05) is 19.6 Å². The van der Waals surface area contributed by atoms with Gasteiger partial charge in [0.25, 0.3) is 0 Å². The first-order valence-electron chi connectivity index (χ1n) is 9.43. The lowest BCUT2D eigenvalue weighted by molar-refractivity contribution is -0.165. The van der Waals surface area contributed by atoms with Crippen LogP contribution in [-0.4, -0.2) is 36.1 Å². The first-order chi connectivity index (χ1) is 9.94.